The Kier molecular flexibility index (Phi) is 4.90. The third-order valence-electron chi connectivity index (χ3n) is 5.49. The number of rotatable bonds is 3. The van der Waals surface area contributed by atoms with Crippen molar-refractivity contribution in [3.63, 3.8) is 0 Å². The Morgan fingerprint density at radius 1 is 1.18 bits per heavy atom. The van der Waals surface area contributed by atoms with Crippen LogP contribution in [0.25, 0.3) is 11.1 Å². The highest BCUT2D eigenvalue weighted by molar-refractivity contribution is 5.95. The second-order valence-corrected chi connectivity index (χ2v) is 7.31. The van der Waals surface area contributed by atoms with Crippen molar-refractivity contribution in [1.82, 2.24) is 29.6 Å². The van der Waals surface area contributed by atoms with E-state index in [9.17, 15) is 4.79 Å². The summed E-state index contributed by atoms with van der Waals surface area (Å²) < 4.78 is 1.74. The Morgan fingerprint density at radius 2 is 1.96 bits per heavy atom. The summed E-state index contributed by atoms with van der Waals surface area (Å²) >= 11 is 0. The van der Waals surface area contributed by atoms with Crippen LogP contribution in [0.3, 0.4) is 0 Å². The second kappa shape index (κ2) is 7.50. The lowest BCUT2D eigenvalue weighted by molar-refractivity contribution is 0.0705. The maximum Gasteiger partial charge on any atom is 0.257 e. The number of likely N-dealkylation sites (tertiary alicyclic amines) is 1. The third-order valence-corrected chi connectivity index (χ3v) is 5.49. The van der Waals surface area contributed by atoms with E-state index in [1.807, 2.05) is 44.1 Å². The van der Waals surface area contributed by atoms with Gasteiger partial charge in [-0.2, -0.15) is 5.10 Å². The van der Waals surface area contributed by atoms with Crippen molar-refractivity contribution in [2.45, 2.75) is 32.6 Å². The molecule has 7 heteroatoms. The van der Waals surface area contributed by atoms with Crippen molar-refractivity contribution in [1.29, 1.82) is 0 Å². The quantitative estimate of drug-likeness (QED) is 0.702. The predicted molar refractivity (Wildman–Crippen MR) is 106 cm³/mol. The lowest BCUT2D eigenvalue weighted by Gasteiger charge is -2.33. The zero-order chi connectivity index (χ0) is 19.7. The number of piperidine rings is 1. The molecule has 4 rings (SSSR count). The first-order valence-corrected chi connectivity index (χ1v) is 9.56. The Hall–Kier alpha value is -3.09. The molecule has 3 aromatic heterocycles. The summed E-state index contributed by atoms with van der Waals surface area (Å²) in [6, 6.07) is 3.95. The predicted octanol–water partition coefficient (Wildman–Crippen LogP) is 2.91. The first-order valence-electron chi connectivity index (χ1n) is 9.56. The third kappa shape index (κ3) is 3.40. The van der Waals surface area contributed by atoms with Gasteiger partial charge in [-0.05, 0) is 44.4 Å². The summed E-state index contributed by atoms with van der Waals surface area (Å²) in [6.07, 6.45) is 9.07. The van der Waals surface area contributed by atoms with E-state index in [0.29, 0.717) is 12.1 Å². The van der Waals surface area contributed by atoms with E-state index in [4.69, 9.17) is 4.98 Å². The number of hydrogen-bond acceptors (Lipinski definition) is 5. The number of nitrogens with zero attached hydrogens (tertiary/aromatic N) is 6. The summed E-state index contributed by atoms with van der Waals surface area (Å²) in [7, 11) is 1.86. The number of carbonyl (C=O) groups is 1. The Balaban J connectivity index is 1.64. The van der Waals surface area contributed by atoms with Gasteiger partial charge >= 0.3 is 0 Å². The van der Waals surface area contributed by atoms with Crippen LogP contribution in [0.2, 0.25) is 0 Å². The van der Waals surface area contributed by atoms with Gasteiger partial charge in [0, 0.05) is 55.9 Å². The SMILES string of the molecule is Cc1ncc(-c2ccncc2)c([C@H]2CCCN(C(=O)c3cnn(C)c3C)C2)n1. The fourth-order valence-electron chi connectivity index (χ4n) is 3.82. The number of amides is 1. The summed E-state index contributed by atoms with van der Waals surface area (Å²) in [6.45, 7) is 5.25. The largest absolute Gasteiger partial charge is 0.338 e. The van der Waals surface area contributed by atoms with Crippen molar-refractivity contribution >= 4 is 5.91 Å². The fraction of sp³-hybridized carbons (Fsp3) is 0.381. The van der Waals surface area contributed by atoms with Crippen LogP contribution in [0, 0.1) is 13.8 Å². The van der Waals surface area contributed by atoms with Gasteiger partial charge in [-0.15, -0.1) is 0 Å². The Labute approximate surface area is 164 Å². The molecular formula is C21H24N6O. The van der Waals surface area contributed by atoms with Crippen LogP contribution in [0.4, 0.5) is 0 Å². The molecule has 0 N–H and O–H groups in total. The first-order chi connectivity index (χ1) is 13.5. The van der Waals surface area contributed by atoms with Crippen LogP contribution in [0.15, 0.2) is 36.9 Å². The van der Waals surface area contributed by atoms with E-state index in [-0.39, 0.29) is 11.8 Å². The molecule has 3 aromatic rings. The van der Waals surface area contributed by atoms with E-state index in [2.05, 4.69) is 15.1 Å². The van der Waals surface area contributed by atoms with E-state index in [1.165, 1.54) is 0 Å². The van der Waals surface area contributed by atoms with E-state index in [0.717, 1.165) is 47.7 Å². The number of hydrogen-bond donors (Lipinski definition) is 0. The number of carbonyl (C=O) groups excluding carboxylic acids is 1. The van der Waals surface area contributed by atoms with Crippen molar-refractivity contribution < 1.29 is 4.79 Å². The van der Waals surface area contributed by atoms with Gasteiger partial charge in [0.2, 0.25) is 0 Å². The monoisotopic (exact) mass is 376 g/mol. The van der Waals surface area contributed by atoms with E-state index < -0.39 is 0 Å². The van der Waals surface area contributed by atoms with Crippen molar-refractivity contribution in [2.75, 3.05) is 13.1 Å². The minimum absolute atomic E-state index is 0.0477. The second-order valence-electron chi connectivity index (χ2n) is 7.31. The molecule has 4 heterocycles. The maximum atomic E-state index is 13.1. The molecule has 1 fully saturated rings. The molecule has 28 heavy (non-hydrogen) atoms. The maximum absolute atomic E-state index is 13.1. The van der Waals surface area contributed by atoms with Crippen LogP contribution in [-0.4, -0.2) is 48.6 Å². The average molecular weight is 376 g/mol. The number of aryl methyl sites for hydroxylation is 2. The lowest BCUT2D eigenvalue weighted by atomic mass is 9.90. The van der Waals surface area contributed by atoms with Crippen LogP contribution < -0.4 is 0 Å². The Bertz CT molecular complexity index is 997. The highest BCUT2D eigenvalue weighted by atomic mass is 16.2. The molecule has 0 radical (unpaired) electrons. The molecule has 0 aliphatic carbocycles. The summed E-state index contributed by atoms with van der Waals surface area (Å²) in [5.41, 5.74) is 4.65. The van der Waals surface area contributed by atoms with Crippen LogP contribution >= 0.6 is 0 Å². The van der Waals surface area contributed by atoms with E-state index in [1.54, 1.807) is 23.3 Å². The first kappa shape index (κ1) is 18.3. The molecule has 1 aliphatic rings. The smallest absolute Gasteiger partial charge is 0.257 e. The average Bonchev–Trinajstić information content (AvgIpc) is 3.06. The highest BCUT2D eigenvalue weighted by Gasteiger charge is 2.29. The van der Waals surface area contributed by atoms with Gasteiger partial charge in [-0.25, -0.2) is 9.97 Å². The number of pyridine rings is 1. The lowest BCUT2D eigenvalue weighted by Crippen LogP contribution is -2.39. The van der Waals surface area contributed by atoms with Gasteiger partial charge in [0.1, 0.15) is 5.82 Å². The van der Waals surface area contributed by atoms with Gasteiger partial charge in [0.15, 0.2) is 0 Å². The van der Waals surface area contributed by atoms with Gasteiger partial charge < -0.3 is 4.90 Å². The molecule has 144 valence electrons. The molecule has 1 amide bonds. The molecule has 0 aromatic carbocycles. The molecule has 0 spiro atoms. The molecule has 7 nitrogen and oxygen atoms in total. The van der Waals surface area contributed by atoms with Crippen LogP contribution in [-0.2, 0) is 7.05 Å². The molecule has 0 saturated carbocycles. The van der Waals surface area contributed by atoms with Crippen molar-refractivity contribution in [3.05, 3.63) is 59.7 Å². The van der Waals surface area contributed by atoms with E-state index >= 15 is 0 Å². The van der Waals surface area contributed by atoms with Gasteiger partial charge in [-0.3, -0.25) is 14.5 Å². The zero-order valence-electron chi connectivity index (χ0n) is 16.5. The fourth-order valence-corrected chi connectivity index (χ4v) is 3.82. The zero-order valence-corrected chi connectivity index (χ0v) is 16.5. The van der Waals surface area contributed by atoms with Gasteiger partial charge in [-0.1, -0.05) is 0 Å². The van der Waals surface area contributed by atoms with Crippen LogP contribution in [0.5, 0.6) is 0 Å². The summed E-state index contributed by atoms with van der Waals surface area (Å²) in [5, 5.41) is 4.22. The molecule has 1 aliphatic heterocycles. The standard InChI is InChI=1S/C21H24N6O/c1-14-18(12-24-26(14)3)21(28)27-10-4-5-17(13-27)20-19(11-23-15(2)25-20)16-6-8-22-9-7-16/h6-9,11-12,17H,4-5,10,13H2,1-3H3/t17-/m0/s1. The summed E-state index contributed by atoms with van der Waals surface area (Å²) in [4.78, 5) is 28.3. The molecular weight excluding hydrogens is 352 g/mol. The normalized spacial score (nSPS) is 17.0. The summed E-state index contributed by atoms with van der Waals surface area (Å²) in [5.74, 6) is 0.977. The topological polar surface area (TPSA) is 76.8 Å². The van der Waals surface area contributed by atoms with Crippen molar-refractivity contribution in [3.8, 4) is 11.1 Å². The Morgan fingerprint density at radius 3 is 2.68 bits per heavy atom. The molecule has 1 saturated heterocycles. The highest BCUT2D eigenvalue weighted by Crippen LogP contribution is 2.33. The number of aromatic nitrogens is 5. The molecule has 1 atom stereocenters. The molecule has 0 bridgehead atoms. The van der Waals surface area contributed by atoms with Gasteiger partial charge in [0.05, 0.1) is 17.5 Å². The minimum atomic E-state index is 0.0477. The van der Waals surface area contributed by atoms with Gasteiger partial charge in [0.25, 0.3) is 5.91 Å². The van der Waals surface area contributed by atoms with Crippen molar-refractivity contribution in [2.24, 2.45) is 7.05 Å². The minimum Gasteiger partial charge on any atom is -0.338 e. The molecule has 0 unspecified atom stereocenters. The van der Waals surface area contributed by atoms with Crippen LogP contribution in [0.1, 0.15) is 46.3 Å².